The number of aromatic nitrogens is 2. The molecule has 0 aliphatic rings. The molecule has 2 aromatic rings. The number of nitrogens with two attached hydrogens (primary N) is 1. The quantitative estimate of drug-likeness (QED) is 0.923. The van der Waals surface area contributed by atoms with E-state index in [2.05, 4.69) is 5.10 Å². The van der Waals surface area contributed by atoms with Gasteiger partial charge in [-0.15, -0.1) is 0 Å². The normalized spacial score (nSPS) is 12.2. The summed E-state index contributed by atoms with van der Waals surface area (Å²) in [6.45, 7) is 4.36. The fourth-order valence-corrected chi connectivity index (χ4v) is 1.99. The lowest BCUT2D eigenvalue weighted by atomic mass is 10.1. The zero-order chi connectivity index (χ0) is 14.7. The van der Waals surface area contributed by atoms with Gasteiger partial charge in [-0.25, -0.2) is 4.68 Å². The number of nitrogens with zero attached hydrogens (tertiary/aromatic N) is 2. The minimum absolute atomic E-state index is 0.158. The summed E-state index contributed by atoms with van der Waals surface area (Å²) in [6, 6.07) is 9.04. The summed E-state index contributed by atoms with van der Waals surface area (Å²) in [6.07, 6.45) is 0. The molecule has 20 heavy (non-hydrogen) atoms. The van der Waals surface area contributed by atoms with Gasteiger partial charge in [-0.1, -0.05) is 0 Å². The van der Waals surface area contributed by atoms with Crippen LogP contribution < -0.4 is 16.0 Å². The lowest BCUT2D eigenvalue weighted by molar-refractivity contribution is 0.340. The summed E-state index contributed by atoms with van der Waals surface area (Å²) >= 11 is 0. The molecule has 106 valence electrons. The molecular formula is C15H19N3O2. The Labute approximate surface area is 118 Å². The van der Waals surface area contributed by atoms with Crippen molar-refractivity contribution < 1.29 is 4.74 Å². The molecule has 1 atom stereocenters. The van der Waals surface area contributed by atoms with Crippen LogP contribution in [0.1, 0.15) is 25.5 Å². The van der Waals surface area contributed by atoms with Crippen LogP contribution in [-0.2, 0) is 7.05 Å². The lowest BCUT2D eigenvalue weighted by Gasteiger charge is -2.10. The number of ether oxygens (including phenoxy) is 1. The largest absolute Gasteiger partial charge is 0.494 e. The second-order valence-electron chi connectivity index (χ2n) is 4.66. The van der Waals surface area contributed by atoms with E-state index in [1.807, 2.05) is 31.2 Å². The number of hydrogen-bond donors (Lipinski definition) is 1. The highest BCUT2D eigenvalue weighted by atomic mass is 16.5. The first-order chi connectivity index (χ1) is 9.52. The summed E-state index contributed by atoms with van der Waals surface area (Å²) < 4.78 is 6.73. The van der Waals surface area contributed by atoms with E-state index >= 15 is 0 Å². The molecule has 1 aromatic heterocycles. The first-order valence-corrected chi connectivity index (χ1v) is 6.60. The average Bonchev–Trinajstić information content (AvgIpc) is 2.42. The van der Waals surface area contributed by atoms with E-state index in [9.17, 15) is 4.79 Å². The third kappa shape index (κ3) is 2.88. The minimum atomic E-state index is -0.321. The Morgan fingerprint density at radius 1 is 1.35 bits per heavy atom. The maximum atomic E-state index is 11.9. The molecule has 0 fully saturated rings. The smallest absolute Gasteiger partial charge is 0.271 e. The van der Waals surface area contributed by atoms with Crippen LogP contribution in [0.3, 0.4) is 0 Å². The summed E-state index contributed by atoms with van der Waals surface area (Å²) in [5.41, 5.74) is 7.88. The van der Waals surface area contributed by atoms with Gasteiger partial charge in [0.25, 0.3) is 5.56 Å². The van der Waals surface area contributed by atoms with E-state index in [0.717, 1.165) is 17.0 Å². The molecule has 0 saturated carbocycles. The van der Waals surface area contributed by atoms with Gasteiger partial charge in [0.2, 0.25) is 0 Å². The van der Waals surface area contributed by atoms with E-state index in [1.165, 1.54) is 4.68 Å². The molecule has 5 nitrogen and oxygen atoms in total. The van der Waals surface area contributed by atoms with Gasteiger partial charge in [-0.3, -0.25) is 4.79 Å². The molecule has 0 aliphatic heterocycles. The highest BCUT2D eigenvalue weighted by Crippen LogP contribution is 2.21. The Balaban J connectivity index is 2.44. The predicted molar refractivity (Wildman–Crippen MR) is 78.7 cm³/mol. The Bertz CT molecular complexity index is 645. The van der Waals surface area contributed by atoms with E-state index in [0.29, 0.717) is 12.2 Å². The predicted octanol–water partition coefficient (Wildman–Crippen LogP) is 1.87. The summed E-state index contributed by atoms with van der Waals surface area (Å²) in [5, 5.41) is 4.27. The molecule has 0 aliphatic carbocycles. The lowest BCUT2D eigenvalue weighted by Crippen LogP contribution is -2.27. The fraction of sp³-hybridized carbons (Fsp3) is 0.333. The highest BCUT2D eigenvalue weighted by molar-refractivity contribution is 5.60. The van der Waals surface area contributed by atoms with E-state index in [1.54, 1.807) is 20.0 Å². The molecule has 0 spiro atoms. The summed E-state index contributed by atoms with van der Waals surface area (Å²) in [7, 11) is 1.63. The zero-order valence-corrected chi connectivity index (χ0v) is 12.0. The Morgan fingerprint density at radius 3 is 2.55 bits per heavy atom. The Morgan fingerprint density at radius 2 is 2.00 bits per heavy atom. The van der Waals surface area contributed by atoms with Crippen molar-refractivity contribution in [2.24, 2.45) is 12.8 Å². The van der Waals surface area contributed by atoms with Crippen molar-refractivity contribution in [2.45, 2.75) is 19.9 Å². The monoisotopic (exact) mass is 273 g/mol. The van der Waals surface area contributed by atoms with Gasteiger partial charge in [0.15, 0.2) is 0 Å². The van der Waals surface area contributed by atoms with Crippen LogP contribution in [0.25, 0.3) is 11.3 Å². The van der Waals surface area contributed by atoms with Crippen LogP contribution in [0.15, 0.2) is 35.1 Å². The van der Waals surface area contributed by atoms with Crippen molar-refractivity contribution in [3.63, 3.8) is 0 Å². The molecule has 5 heteroatoms. The van der Waals surface area contributed by atoms with Crippen molar-refractivity contribution in [2.75, 3.05) is 6.61 Å². The zero-order valence-electron chi connectivity index (χ0n) is 12.0. The summed E-state index contributed by atoms with van der Waals surface area (Å²) in [5.74, 6) is 0.813. The third-order valence-corrected chi connectivity index (χ3v) is 3.04. The molecule has 0 amide bonds. The van der Waals surface area contributed by atoms with E-state index < -0.39 is 0 Å². The Hall–Kier alpha value is -2.14. The first kappa shape index (κ1) is 14.3. The summed E-state index contributed by atoms with van der Waals surface area (Å²) in [4.78, 5) is 11.9. The van der Waals surface area contributed by atoms with Crippen LogP contribution in [-0.4, -0.2) is 16.4 Å². The third-order valence-electron chi connectivity index (χ3n) is 3.04. The molecule has 0 saturated heterocycles. The number of hydrogen-bond acceptors (Lipinski definition) is 4. The standard InChI is InChI=1S/C15H19N3O2/c1-4-20-12-7-5-11(6-8-12)14-9-13(10(2)16)15(19)18(3)17-14/h5-10H,4,16H2,1-3H3. The van der Waals surface area contributed by atoms with Gasteiger partial charge in [0.05, 0.1) is 12.3 Å². The van der Waals surface area contributed by atoms with Crippen LogP contribution in [0, 0.1) is 0 Å². The van der Waals surface area contributed by atoms with Gasteiger partial charge in [-0.05, 0) is 44.2 Å². The maximum Gasteiger partial charge on any atom is 0.271 e. The van der Waals surface area contributed by atoms with Gasteiger partial charge in [-0.2, -0.15) is 5.10 Å². The molecule has 0 radical (unpaired) electrons. The molecule has 2 N–H and O–H groups in total. The number of aryl methyl sites for hydroxylation is 1. The minimum Gasteiger partial charge on any atom is -0.494 e. The second-order valence-corrected chi connectivity index (χ2v) is 4.66. The number of benzene rings is 1. The molecule has 1 heterocycles. The molecule has 1 aromatic carbocycles. The van der Waals surface area contributed by atoms with Crippen molar-refractivity contribution in [1.82, 2.24) is 9.78 Å². The van der Waals surface area contributed by atoms with E-state index in [4.69, 9.17) is 10.5 Å². The van der Waals surface area contributed by atoms with Crippen molar-refractivity contribution >= 4 is 0 Å². The first-order valence-electron chi connectivity index (χ1n) is 6.60. The molecule has 2 rings (SSSR count). The van der Waals surface area contributed by atoms with Crippen LogP contribution in [0.5, 0.6) is 5.75 Å². The maximum absolute atomic E-state index is 11.9. The fourth-order valence-electron chi connectivity index (χ4n) is 1.99. The van der Waals surface area contributed by atoms with Gasteiger partial charge < -0.3 is 10.5 Å². The second kappa shape index (κ2) is 5.88. The van der Waals surface area contributed by atoms with Crippen molar-refractivity contribution in [3.8, 4) is 17.0 Å². The number of rotatable bonds is 4. The van der Waals surface area contributed by atoms with Gasteiger partial charge >= 0.3 is 0 Å². The highest BCUT2D eigenvalue weighted by Gasteiger charge is 2.11. The molecule has 0 bridgehead atoms. The van der Waals surface area contributed by atoms with Crippen LogP contribution in [0.2, 0.25) is 0 Å². The topological polar surface area (TPSA) is 70.1 Å². The Kier molecular flexibility index (Phi) is 4.20. The van der Waals surface area contributed by atoms with Gasteiger partial charge in [0, 0.05) is 24.2 Å². The van der Waals surface area contributed by atoms with Gasteiger partial charge in [0.1, 0.15) is 5.75 Å². The van der Waals surface area contributed by atoms with Crippen molar-refractivity contribution in [1.29, 1.82) is 0 Å². The van der Waals surface area contributed by atoms with Crippen LogP contribution in [0.4, 0.5) is 0 Å². The average molecular weight is 273 g/mol. The molecular weight excluding hydrogens is 254 g/mol. The van der Waals surface area contributed by atoms with Crippen molar-refractivity contribution in [3.05, 3.63) is 46.2 Å². The van der Waals surface area contributed by atoms with E-state index in [-0.39, 0.29) is 11.6 Å². The van der Waals surface area contributed by atoms with Crippen LogP contribution >= 0.6 is 0 Å². The molecule has 1 unspecified atom stereocenters. The SMILES string of the molecule is CCOc1ccc(-c2cc(C(C)N)c(=O)n(C)n2)cc1.